The molecule has 1 aliphatic rings. The van der Waals surface area contributed by atoms with Gasteiger partial charge in [0.15, 0.2) is 5.69 Å². The van der Waals surface area contributed by atoms with Crippen molar-refractivity contribution in [2.24, 2.45) is 5.92 Å². The number of anilines is 1. The molecule has 2 heterocycles. The molecule has 112 valence electrons. The number of aryl methyl sites for hydroxylation is 1. The molecule has 0 spiro atoms. The number of nitrogens with zero attached hydrogens (tertiary/aromatic N) is 2. The van der Waals surface area contributed by atoms with Gasteiger partial charge in [0.05, 0.1) is 11.4 Å². The van der Waals surface area contributed by atoms with Crippen molar-refractivity contribution in [1.29, 1.82) is 0 Å². The first-order valence-electron chi connectivity index (χ1n) is 7.41. The van der Waals surface area contributed by atoms with Gasteiger partial charge in [0, 0.05) is 6.54 Å². The molecule has 0 aliphatic carbocycles. The third kappa shape index (κ3) is 3.50. The lowest BCUT2D eigenvalue weighted by atomic mass is 9.97. The van der Waals surface area contributed by atoms with Crippen molar-refractivity contribution < 1.29 is 4.79 Å². The van der Waals surface area contributed by atoms with E-state index < -0.39 is 0 Å². The van der Waals surface area contributed by atoms with E-state index in [0.29, 0.717) is 23.8 Å². The van der Waals surface area contributed by atoms with Gasteiger partial charge in [-0.3, -0.25) is 9.89 Å². The minimum Gasteiger partial charge on any atom is -0.395 e. The van der Waals surface area contributed by atoms with E-state index in [9.17, 15) is 4.79 Å². The van der Waals surface area contributed by atoms with Gasteiger partial charge in [0.1, 0.15) is 0 Å². The van der Waals surface area contributed by atoms with Crippen LogP contribution in [0.15, 0.2) is 0 Å². The number of rotatable bonds is 5. The Morgan fingerprint density at radius 2 is 2.20 bits per heavy atom. The van der Waals surface area contributed by atoms with E-state index in [0.717, 1.165) is 44.5 Å². The molecule has 0 radical (unpaired) electrons. The van der Waals surface area contributed by atoms with E-state index in [2.05, 4.69) is 34.4 Å². The van der Waals surface area contributed by atoms with Crippen molar-refractivity contribution in [3.63, 3.8) is 0 Å². The second-order valence-corrected chi connectivity index (χ2v) is 5.67. The molecule has 0 aromatic carbocycles. The predicted molar refractivity (Wildman–Crippen MR) is 79.5 cm³/mol. The Morgan fingerprint density at radius 3 is 2.85 bits per heavy atom. The molecule has 4 N–H and O–H groups in total. The number of aromatic nitrogens is 2. The summed E-state index contributed by atoms with van der Waals surface area (Å²) in [6.07, 6.45) is 4.06. The van der Waals surface area contributed by atoms with Crippen LogP contribution in [-0.4, -0.2) is 47.7 Å². The maximum absolute atomic E-state index is 12.1. The summed E-state index contributed by atoms with van der Waals surface area (Å²) < 4.78 is 0. The average Bonchev–Trinajstić information content (AvgIpc) is 2.80. The number of amides is 1. The molecule has 1 amide bonds. The average molecular weight is 279 g/mol. The number of hydrogen-bond acceptors (Lipinski definition) is 4. The number of H-pyrrole nitrogens is 1. The third-order valence-corrected chi connectivity index (χ3v) is 3.99. The van der Waals surface area contributed by atoms with Gasteiger partial charge in [0.25, 0.3) is 5.91 Å². The van der Waals surface area contributed by atoms with Crippen LogP contribution >= 0.6 is 0 Å². The van der Waals surface area contributed by atoms with Gasteiger partial charge in [0.2, 0.25) is 0 Å². The van der Waals surface area contributed by atoms with Crippen LogP contribution in [0.25, 0.3) is 0 Å². The summed E-state index contributed by atoms with van der Waals surface area (Å²) in [5.41, 5.74) is 7.64. The molecule has 1 aromatic rings. The maximum atomic E-state index is 12.1. The Balaban J connectivity index is 1.85. The normalized spacial score (nSPS) is 17.3. The Labute approximate surface area is 120 Å². The molecular weight excluding hydrogens is 254 g/mol. The van der Waals surface area contributed by atoms with E-state index >= 15 is 0 Å². The molecule has 0 unspecified atom stereocenters. The number of aromatic amines is 1. The minimum absolute atomic E-state index is 0.167. The van der Waals surface area contributed by atoms with Crippen LogP contribution in [0.4, 0.5) is 5.69 Å². The first kappa shape index (κ1) is 14.8. The largest absolute Gasteiger partial charge is 0.395 e. The molecular formula is C14H25N5O. The Kier molecular flexibility index (Phi) is 5.00. The first-order chi connectivity index (χ1) is 9.61. The first-order valence-corrected chi connectivity index (χ1v) is 7.41. The summed E-state index contributed by atoms with van der Waals surface area (Å²) in [5, 5.41) is 9.86. The highest BCUT2D eigenvalue weighted by atomic mass is 16.1. The van der Waals surface area contributed by atoms with Crippen molar-refractivity contribution in [2.75, 3.05) is 32.4 Å². The second-order valence-electron chi connectivity index (χ2n) is 5.67. The van der Waals surface area contributed by atoms with Gasteiger partial charge < -0.3 is 16.0 Å². The molecule has 6 nitrogen and oxygen atoms in total. The third-order valence-electron chi connectivity index (χ3n) is 3.99. The van der Waals surface area contributed by atoms with Crippen LogP contribution < -0.4 is 11.1 Å². The number of carbonyl (C=O) groups is 1. The number of nitrogens with two attached hydrogens (primary N) is 1. The highest BCUT2D eigenvalue weighted by Gasteiger charge is 2.20. The van der Waals surface area contributed by atoms with Crippen molar-refractivity contribution in [3.05, 3.63) is 11.4 Å². The quantitative estimate of drug-likeness (QED) is 0.751. The highest BCUT2D eigenvalue weighted by Crippen LogP contribution is 2.17. The number of carbonyl (C=O) groups excluding carboxylic acids is 1. The van der Waals surface area contributed by atoms with Gasteiger partial charge >= 0.3 is 0 Å². The van der Waals surface area contributed by atoms with Crippen LogP contribution in [0, 0.1) is 5.92 Å². The second kappa shape index (κ2) is 6.74. The molecule has 20 heavy (non-hydrogen) atoms. The fourth-order valence-corrected chi connectivity index (χ4v) is 2.59. The molecule has 0 bridgehead atoms. The van der Waals surface area contributed by atoms with Crippen LogP contribution in [0.2, 0.25) is 0 Å². The van der Waals surface area contributed by atoms with Crippen molar-refractivity contribution >= 4 is 11.6 Å². The van der Waals surface area contributed by atoms with Crippen LogP contribution in [0.5, 0.6) is 0 Å². The standard InChI is InChI=1S/C14H25N5O/c1-3-4-11-12(15)13(18-17-11)14(20)16-9-10-5-7-19(2)8-6-10/h10H,3-9,15H2,1-2H3,(H,16,20)(H,17,18). The summed E-state index contributed by atoms with van der Waals surface area (Å²) in [5.74, 6) is 0.394. The summed E-state index contributed by atoms with van der Waals surface area (Å²) in [7, 11) is 2.13. The van der Waals surface area contributed by atoms with Crippen LogP contribution in [0.1, 0.15) is 42.4 Å². The number of piperidine rings is 1. The fourth-order valence-electron chi connectivity index (χ4n) is 2.59. The zero-order chi connectivity index (χ0) is 14.5. The predicted octanol–water partition coefficient (Wildman–Crippen LogP) is 1.02. The van der Waals surface area contributed by atoms with Gasteiger partial charge in [-0.05, 0) is 45.3 Å². The lowest BCUT2D eigenvalue weighted by molar-refractivity contribution is 0.0935. The number of nitrogens with one attached hydrogen (secondary N) is 2. The lowest BCUT2D eigenvalue weighted by Gasteiger charge is -2.28. The fraction of sp³-hybridized carbons (Fsp3) is 0.714. The van der Waals surface area contributed by atoms with Crippen molar-refractivity contribution in [3.8, 4) is 0 Å². The number of likely N-dealkylation sites (tertiary alicyclic amines) is 1. The highest BCUT2D eigenvalue weighted by molar-refractivity contribution is 5.97. The van der Waals surface area contributed by atoms with E-state index in [4.69, 9.17) is 5.73 Å². The van der Waals surface area contributed by atoms with Crippen molar-refractivity contribution in [1.82, 2.24) is 20.4 Å². The number of nitrogen functional groups attached to an aromatic ring is 1. The Morgan fingerprint density at radius 1 is 1.50 bits per heavy atom. The Hall–Kier alpha value is -1.56. The molecule has 0 saturated carbocycles. The van der Waals surface area contributed by atoms with E-state index in [1.165, 1.54) is 0 Å². The van der Waals surface area contributed by atoms with Crippen LogP contribution in [0.3, 0.4) is 0 Å². The van der Waals surface area contributed by atoms with E-state index in [1.807, 2.05) is 0 Å². The molecule has 2 rings (SSSR count). The summed E-state index contributed by atoms with van der Waals surface area (Å²) in [6.45, 7) is 4.99. The molecule has 1 fully saturated rings. The zero-order valence-corrected chi connectivity index (χ0v) is 12.4. The van der Waals surface area contributed by atoms with Gasteiger partial charge in [-0.2, -0.15) is 5.10 Å². The SMILES string of the molecule is CCCc1[nH]nc(C(=O)NCC2CCN(C)CC2)c1N. The van der Waals surface area contributed by atoms with Gasteiger partial charge in [-0.1, -0.05) is 13.3 Å². The molecule has 0 atom stereocenters. The maximum Gasteiger partial charge on any atom is 0.273 e. The monoisotopic (exact) mass is 279 g/mol. The van der Waals surface area contributed by atoms with E-state index in [-0.39, 0.29) is 5.91 Å². The lowest BCUT2D eigenvalue weighted by Crippen LogP contribution is -2.37. The van der Waals surface area contributed by atoms with E-state index in [1.54, 1.807) is 0 Å². The Bertz CT molecular complexity index is 448. The summed E-state index contributed by atoms with van der Waals surface area (Å²) in [6, 6.07) is 0. The molecule has 6 heteroatoms. The van der Waals surface area contributed by atoms with Gasteiger partial charge in [-0.25, -0.2) is 0 Å². The molecule has 1 aromatic heterocycles. The molecule has 1 saturated heterocycles. The summed E-state index contributed by atoms with van der Waals surface area (Å²) in [4.78, 5) is 14.4. The number of hydrogen-bond donors (Lipinski definition) is 3. The topological polar surface area (TPSA) is 87.0 Å². The van der Waals surface area contributed by atoms with Crippen molar-refractivity contribution in [2.45, 2.75) is 32.6 Å². The smallest absolute Gasteiger partial charge is 0.273 e. The zero-order valence-electron chi connectivity index (χ0n) is 12.4. The summed E-state index contributed by atoms with van der Waals surface area (Å²) >= 11 is 0. The minimum atomic E-state index is -0.167. The molecule has 1 aliphatic heterocycles. The van der Waals surface area contributed by atoms with Gasteiger partial charge in [-0.15, -0.1) is 0 Å². The van der Waals surface area contributed by atoms with Crippen LogP contribution in [-0.2, 0) is 6.42 Å².